The van der Waals surface area contributed by atoms with Crippen LogP contribution in [0.4, 0.5) is 0 Å². The van der Waals surface area contributed by atoms with Crippen molar-refractivity contribution in [2.45, 2.75) is 0 Å². The second-order valence-corrected chi connectivity index (χ2v) is 33.0. The molecule has 0 saturated heterocycles. The summed E-state index contributed by atoms with van der Waals surface area (Å²) < 4.78 is 18.4. The lowest BCUT2D eigenvalue weighted by Crippen LogP contribution is -2.03. The summed E-state index contributed by atoms with van der Waals surface area (Å²) in [6.45, 7) is 0. The molecular formula is C110H67N11OS2. The Morgan fingerprint density at radius 1 is 0.202 bits per heavy atom. The summed E-state index contributed by atoms with van der Waals surface area (Å²) in [5.41, 5.74) is 19.4. The number of aromatic nitrogens is 11. The Hall–Kier alpha value is -16.3. The third-order valence-electron chi connectivity index (χ3n) is 23.5. The molecule has 0 unspecified atom stereocenters. The molecule has 0 saturated carbocycles. The molecule has 14 heteroatoms. The molecule has 0 fully saturated rings. The van der Waals surface area contributed by atoms with E-state index in [4.69, 9.17) is 44.3 Å². The van der Waals surface area contributed by atoms with Gasteiger partial charge in [-0.05, 0) is 91.0 Å². The maximum Gasteiger partial charge on any atom is 0.235 e. The Bertz CT molecular complexity index is 8230. The summed E-state index contributed by atoms with van der Waals surface area (Å²) in [5.74, 6) is 4.57. The number of thiophene rings is 2. The van der Waals surface area contributed by atoms with Crippen LogP contribution in [0.1, 0.15) is 0 Å². The topological polar surface area (TPSA) is 131 Å². The fraction of sp³-hybridized carbons (Fsp3) is 0. The van der Waals surface area contributed by atoms with Crippen LogP contribution >= 0.6 is 22.7 Å². The van der Waals surface area contributed by atoms with Crippen molar-refractivity contribution in [1.29, 1.82) is 0 Å². The molecule has 580 valence electrons. The summed E-state index contributed by atoms with van der Waals surface area (Å²) in [5, 5.41) is 15.7. The van der Waals surface area contributed by atoms with Crippen LogP contribution in [0.5, 0.6) is 0 Å². The van der Waals surface area contributed by atoms with Gasteiger partial charge >= 0.3 is 0 Å². The molecule has 0 N–H and O–H groups in total. The number of hydrogen-bond acceptors (Lipinski definition) is 11. The molecule has 0 spiro atoms. The molecule has 12 nitrogen and oxygen atoms in total. The predicted molar refractivity (Wildman–Crippen MR) is 513 cm³/mol. The van der Waals surface area contributed by atoms with Gasteiger partial charge in [0.1, 0.15) is 11.2 Å². The molecule has 26 rings (SSSR count). The van der Waals surface area contributed by atoms with E-state index in [2.05, 4.69) is 275 Å². The number of benzene rings is 17. The molecule has 9 heterocycles. The van der Waals surface area contributed by atoms with Crippen molar-refractivity contribution >= 4 is 161 Å². The number of para-hydroxylation sites is 5. The first kappa shape index (κ1) is 71.8. The van der Waals surface area contributed by atoms with Gasteiger partial charge in [-0.1, -0.05) is 315 Å². The van der Waals surface area contributed by atoms with Gasteiger partial charge in [0, 0.05) is 134 Å². The lowest BCUT2D eigenvalue weighted by atomic mass is 10.1. The summed E-state index contributed by atoms with van der Waals surface area (Å²) >= 11 is 3.70. The number of nitrogens with zero attached hydrogens (tertiary/aromatic N) is 11. The van der Waals surface area contributed by atoms with Crippen molar-refractivity contribution in [3.05, 3.63) is 406 Å². The second-order valence-electron chi connectivity index (χ2n) is 30.9. The zero-order valence-electron chi connectivity index (χ0n) is 66.3. The zero-order chi connectivity index (χ0) is 81.7. The number of fused-ring (bicyclic) bond motifs is 20. The van der Waals surface area contributed by atoms with Gasteiger partial charge in [-0.25, -0.2) is 39.9 Å². The van der Waals surface area contributed by atoms with Crippen LogP contribution in [0.2, 0.25) is 0 Å². The fourth-order valence-electron chi connectivity index (χ4n) is 17.8. The molecule has 0 atom stereocenters. The normalized spacial score (nSPS) is 11.7. The average molecular weight is 1620 g/mol. The molecule has 0 bridgehead atoms. The molecule has 0 aliphatic rings. The molecule has 9 aromatic heterocycles. The van der Waals surface area contributed by atoms with E-state index in [0.29, 0.717) is 40.9 Å². The lowest BCUT2D eigenvalue weighted by Gasteiger charge is -2.12. The van der Waals surface area contributed by atoms with Gasteiger partial charge in [-0.15, -0.1) is 22.7 Å². The molecule has 0 radical (unpaired) electrons. The monoisotopic (exact) mass is 1620 g/mol. The third kappa shape index (κ3) is 12.4. The highest BCUT2D eigenvalue weighted by molar-refractivity contribution is 7.27. The molecule has 0 aliphatic carbocycles. The van der Waals surface area contributed by atoms with Crippen molar-refractivity contribution in [1.82, 2.24) is 53.6 Å². The van der Waals surface area contributed by atoms with E-state index >= 15 is 0 Å². The maximum absolute atomic E-state index is 6.26. The van der Waals surface area contributed by atoms with Crippen LogP contribution in [-0.4, -0.2) is 53.6 Å². The van der Waals surface area contributed by atoms with E-state index in [1.807, 2.05) is 168 Å². The van der Waals surface area contributed by atoms with E-state index in [1.165, 1.54) is 83.8 Å². The number of furan rings is 1. The van der Waals surface area contributed by atoms with Crippen molar-refractivity contribution in [3.63, 3.8) is 0 Å². The number of rotatable bonds is 10. The number of hydrogen-bond donors (Lipinski definition) is 0. The molecular weight excluding hydrogens is 1560 g/mol. The van der Waals surface area contributed by atoms with Gasteiger partial charge in [0.25, 0.3) is 0 Å². The zero-order valence-corrected chi connectivity index (χ0v) is 68.0. The van der Waals surface area contributed by atoms with Crippen LogP contribution in [0.3, 0.4) is 0 Å². The van der Waals surface area contributed by atoms with E-state index < -0.39 is 0 Å². The highest BCUT2D eigenvalue weighted by Gasteiger charge is 2.25. The summed E-state index contributed by atoms with van der Waals surface area (Å²) in [4.78, 5) is 40.0. The molecule has 26 aromatic rings. The smallest absolute Gasteiger partial charge is 0.235 e. The van der Waals surface area contributed by atoms with Crippen LogP contribution in [0, 0.1) is 0 Å². The molecule has 0 amide bonds. The minimum Gasteiger partial charge on any atom is -0.456 e. The van der Waals surface area contributed by atoms with Gasteiger partial charge in [0.15, 0.2) is 34.9 Å². The Labute approximate surface area is 717 Å². The Morgan fingerprint density at radius 3 is 1.12 bits per heavy atom. The average Bonchev–Trinajstić information content (AvgIpc) is 1.39. The quantitative estimate of drug-likeness (QED) is 0.131. The van der Waals surface area contributed by atoms with Crippen molar-refractivity contribution in [2.24, 2.45) is 0 Å². The summed E-state index contributed by atoms with van der Waals surface area (Å²) in [7, 11) is 0. The van der Waals surface area contributed by atoms with Crippen molar-refractivity contribution < 1.29 is 4.42 Å². The van der Waals surface area contributed by atoms with E-state index in [0.717, 1.165) is 111 Å². The largest absolute Gasteiger partial charge is 0.456 e. The molecule has 17 aromatic carbocycles. The Balaban J connectivity index is 0.000000105. The highest BCUT2D eigenvalue weighted by Crippen LogP contribution is 2.46. The van der Waals surface area contributed by atoms with Gasteiger partial charge in [-0.3, -0.25) is 4.57 Å². The van der Waals surface area contributed by atoms with Gasteiger partial charge in [0.2, 0.25) is 5.95 Å². The van der Waals surface area contributed by atoms with Crippen LogP contribution in [-0.2, 0) is 0 Å². The fourth-order valence-corrected chi connectivity index (χ4v) is 20.2. The SMILES string of the molecule is c1ccc(-c2nc(-c3ccccc3)nc(-c3cccc(-n4c5ccccc5c5cc6oc7ccccc7c6cc54)c3)n2)cc1.c1ccc(-c2nc(-c3ccccc3)nc(-c3cccc(-n4c5ccccc5c5cc6sc7ccccc7c6cc54)c3)n2)cc1.c1ccc(-c2nc(-n3c4ccccc4c4ccc5c6ccccc6sc5c43)nc3ccccc23)cc1. The first-order chi connectivity index (χ1) is 61.5. The van der Waals surface area contributed by atoms with Crippen molar-refractivity contribution in [3.8, 4) is 96.9 Å². The van der Waals surface area contributed by atoms with E-state index in [1.54, 1.807) is 0 Å². The molecule has 124 heavy (non-hydrogen) atoms. The van der Waals surface area contributed by atoms with Crippen LogP contribution in [0.15, 0.2) is 411 Å². The first-order valence-electron chi connectivity index (χ1n) is 41.3. The minimum absolute atomic E-state index is 0.628. The third-order valence-corrected chi connectivity index (χ3v) is 25.8. The van der Waals surface area contributed by atoms with Crippen LogP contribution in [0.25, 0.3) is 236 Å². The van der Waals surface area contributed by atoms with E-state index in [9.17, 15) is 0 Å². The summed E-state index contributed by atoms with van der Waals surface area (Å²) in [6, 6.07) is 141. The standard InChI is InChI=1S/C39H24N4O.C39H24N4S.C32H19N3S/c2*1-3-12-25(13-4-1)37-40-38(26-14-5-2-6-15-26)42-39(41-37)27-16-11-17-28(22-27)43-33-20-9-7-18-29(33)31-24-36-32(23-34(31)43)30-19-8-10-21-35(30)44-36;1-2-10-20(11-3-1)29-25-14-4-7-15-26(25)33-32(34-29)35-27-16-8-5-12-21(27)23-18-19-24-22-13-6-9-17-28(22)36-31(24)30(23)35/h2*1-24H;1-19H. The Kier molecular flexibility index (Phi) is 17.3. The van der Waals surface area contributed by atoms with Crippen molar-refractivity contribution in [2.75, 3.05) is 0 Å². The highest BCUT2D eigenvalue weighted by atomic mass is 32.1. The predicted octanol–water partition coefficient (Wildman–Crippen LogP) is 29.0. The van der Waals surface area contributed by atoms with E-state index in [-0.39, 0.29) is 0 Å². The lowest BCUT2D eigenvalue weighted by molar-refractivity contribution is 0.669. The minimum atomic E-state index is 0.628. The molecule has 0 aliphatic heterocycles. The van der Waals surface area contributed by atoms with Gasteiger partial charge in [0.05, 0.1) is 49.0 Å². The first-order valence-corrected chi connectivity index (χ1v) is 42.9. The van der Waals surface area contributed by atoms with Gasteiger partial charge < -0.3 is 13.6 Å². The van der Waals surface area contributed by atoms with Gasteiger partial charge in [-0.2, -0.15) is 0 Å². The second kappa shape index (κ2) is 29.9. The Morgan fingerprint density at radius 2 is 0.589 bits per heavy atom. The van der Waals surface area contributed by atoms with Crippen LogP contribution < -0.4 is 0 Å². The maximum atomic E-state index is 6.26. The summed E-state index contributed by atoms with van der Waals surface area (Å²) in [6.07, 6.45) is 0.